The summed E-state index contributed by atoms with van der Waals surface area (Å²) in [6.45, 7) is 1.70. The number of rotatable bonds is 8. The van der Waals surface area contributed by atoms with E-state index in [1.807, 2.05) is 14.1 Å². The summed E-state index contributed by atoms with van der Waals surface area (Å²) >= 11 is 0. The van der Waals surface area contributed by atoms with Gasteiger partial charge in [-0.05, 0) is 52.0 Å². The van der Waals surface area contributed by atoms with Crippen molar-refractivity contribution >= 4 is 17.5 Å². The average molecular weight is 347 g/mol. The average Bonchev–Trinajstić information content (AvgIpc) is 3.40. The van der Waals surface area contributed by atoms with E-state index < -0.39 is 11.6 Å². The minimum Gasteiger partial charge on any atom is -0.354 e. The third-order valence-electron chi connectivity index (χ3n) is 4.02. The van der Waals surface area contributed by atoms with Gasteiger partial charge in [-0.2, -0.15) is 4.98 Å². The first-order valence-electron chi connectivity index (χ1n) is 8.51. The van der Waals surface area contributed by atoms with Gasteiger partial charge in [-0.25, -0.2) is 13.8 Å². The molecular formula is C18H23F2N5. The quantitative estimate of drug-likeness (QED) is 0.713. The molecule has 1 aromatic heterocycles. The van der Waals surface area contributed by atoms with Crippen LogP contribution >= 0.6 is 0 Å². The van der Waals surface area contributed by atoms with Crippen LogP contribution in [-0.4, -0.2) is 42.1 Å². The van der Waals surface area contributed by atoms with Crippen molar-refractivity contribution in [2.24, 2.45) is 0 Å². The summed E-state index contributed by atoms with van der Waals surface area (Å²) in [5, 5.41) is 5.97. The van der Waals surface area contributed by atoms with Crippen LogP contribution in [0.2, 0.25) is 0 Å². The highest BCUT2D eigenvalue weighted by molar-refractivity contribution is 5.59. The second kappa shape index (κ2) is 7.74. The van der Waals surface area contributed by atoms with Gasteiger partial charge in [0.25, 0.3) is 0 Å². The monoisotopic (exact) mass is 347 g/mol. The van der Waals surface area contributed by atoms with Gasteiger partial charge in [0.2, 0.25) is 5.95 Å². The van der Waals surface area contributed by atoms with E-state index in [4.69, 9.17) is 0 Å². The Bertz CT molecular complexity index is 711. The molecule has 0 amide bonds. The number of hydrogen-bond donors (Lipinski definition) is 2. The molecular weight excluding hydrogens is 324 g/mol. The first kappa shape index (κ1) is 17.5. The largest absolute Gasteiger partial charge is 0.354 e. The molecule has 1 fully saturated rings. The number of nitrogens with zero attached hydrogens (tertiary/aromatic N) is 3. The standard InChI is InChI=1S/C18H23F2N5/c1-25(2)10-4-9-21-18-22-15(12-7-8-12)11-16(24-18)23-17-13(19)5-3-6-14(17)20/h3,5-6,11-12H,4,7-10H2,1-2H3,(H2,21,22,23,24). The molecule has 0 unspecified atom stereocenters. The Labute approximate surface area is 146 Å². The topological polar surface area (TPSA) is 53.1 Å². The van der Waals surface area contributed by atoms with E-state index in [1.54, 1.807) is 6.07 Å². The summed E-state index contributed by atoms with van der Waals surface area (Å²) in [6, 6.07) is 5.54. The molecule has 0 spiro atoms. The summed E-state index contributed by atoms with van der Waals surface area (Å²) < 4.78 is 27.7. The number of nitrogens with one attached hydrogen (secondary N) is 2. The van der Waals surface area contributed by atoms with Crippen molar-refractivity contribution in [3.63, 3.8) is 0 Å². The van der Waals surface area contributed by atoms with E-state index in [0.29, 0.717) is 17.7 Å². The molecule has 3 rings (SSSR count). The summed E-state index contributed by atoms with van der Waals surface area (Å²) in [6.07, 6.45) is 3.13. The molecule has 1 aliphatic rings. The normalized spacial score (nSPS) is 14.0. The lowest BCUT2D eigenvalue weighted by atomic mass is 10.2. The van der Waals surface area contributed by atoms with Crippen molar-refractivity contribution in [1.82, 2.24) is 14.9 Å². The maximum Gasteiger partial charge on any atom is 0.224 e. The van der Waals surface area contributed by atoms with E-state index in [9.17, 15) is 8.78 Å². The summed E-state index contributed by atoms with van der Waals surface area (Å²) in [7, 11) is 4.05. The lowest BCUT2D eigenvalue weighted by Crippen LogP contribution is -2.17. The molecule has 1 aromatic carbocycles. The molecule has 0 atom stereocenters. The van der Waals surface area contributed by atoms with E-state index >= 15 is 0 Å². The molecule has 2 N–H and O–H groups in total. The molecule has 1 saturated carbocycles. The predicted octanol–water partition coefficient (Wildman–Crippen LogP) is 3.74. The minimum atomic E-state index is -0.646. The van der Waals surface area contributed by atoms with Crippen LogP contribution in [0.5, 0.6) is 0 Å². The third-order valence-corrected chi connectivity index (χ3v) is 4.02. The number of benzene rings is 1. The van der Waals surface area contributed by atoms with Crippen molar-refractivity contribution in [3.05, 3.63) is 41.6 Å². The Kier molecular flexibility index (Phi) is 5.43. The number of aromatic nitrogens is 2. The van der Waals surface area contributed by atoms with Gasteiger partial charge in [0, 0.05) is 18.5 Å². The van der Waals surface area contributed by atoms with Crippen molar-refractivity contribution in [2.45, 2.75) is 25.2 Å². The number of anilines is 3. The van der Waals surface area contributed by atoms with Crippen molar-refractivity contribution in [1.29, 1.82) is 0 Å². The summed E-state index contributed by atoms with van der Waals surface area (Å²) in [5.41, 5.74) is 0.714. The fourth-order valence-electron chi connectivity index (χ4n) is 2.54. The molecule has 0 radical (unpaired) electrons. The molecule has 5 nitrogen and oxygen atoms in total. The van der Waals surface area contributed by atoms with Crippen LogP contribution in [0.4, 0.5) is 26.2 Å². The predicted molar refractivity (Wildman–Crippen MR) is 95.3 cm³/mol. The van der Waals surface area contributed by atoms with Crippen LogP contribution < -0.4 is 10.6 Å². The fourth-order valence-corrected chi connectivity index (χ4v) is 2.54. The van der Waals surface area contributed by atoms with Gasteiger partial charge in [0.1, 0.15) is 23.1 Å². The van der Waals surface area contributed by atoms with E-state index in [2.05, 4.69) is 25.5 Å². The second-order valence-electron chi connectivity index (χ2n) is 6.58. The highest BCUT2D eigenvalue weighted by Gasteiger charge is 2.26. The van der Waals surface area contributed by atoms with Crippen LogP contribution in [0.1, 0.15) is 30.9 Å². The van der Waals surface area contributed by atoms with Gasteiger partial charge in [0.15, 0.2) is 0 Å². The Morgan fingerprint density at radius 1 is 1.16 bits per heavy atom. The summed E-state index contributed by atoms with van der Waals surface area (Å²) in [4.78, 5) is 11.0. The molecule has 1 heterocycles. The van der Waals surface area contributed by atoms with Crippen molar-refractivity contribution in [2.75, 3.05) is 37.8 Å². The first-order chi connectivity index (χ1) is 12.0. The molecule has 1 aliphatic carbocycles. The zero-order valence-electron chi connectivity index (χ0n) is 14.5. The van der Waals surface area contributed by atoms with Gasteiger partial charge in [-0.1, -0.05) is 6.07 Å². The first-order valence-corrected chi connectivity index (χ1v) is 8.51. The van der Waals surface area contributed by atoms with Crippen LogP contribution in [0.15, 0.2) is 24.3 Å². The molecule has 0 aliphatic heterocycles. The highest BCUT2D eigenvalue weighted by Crippen LogP contribution is 2.40. The van der Waals surface area contributed by atoms with Gasteiger partial charge < -0.3 is 15.5 Å². The molecule has 7 heteroatoms. The van der Waals surface area contributed by atoms with Gasteiger partial charge in [-0.15, -0.1) is 0 Å². The lowest BCUT2D eigenvalue weighted by Gasteiger charge is -2.13. The minimum absolute atomic E-state index is 0.193. The third kappa shape index (κ3) is 4.85. The van der Waals surface area contributed by atoms with Crippen molar-refractivity contribution < 1.29 is 8.78 Å². The number of hydrogen-bond acceptors (Lipinski definition) is 5. The lowest BCUT2D eigenvalue weighted by molar-refractivity contribution is 0.405. The molecule has 0 bridgehead atoms. The zero-order valence-corrected chi connectivity index (χ0v) is 14.5. The zero-order chi connectivity index (χ0) is 17.8. The smallest absolute Gasteiger partial charge is 0.224 e. The fraction of sp³-hybridized carbons (Fsp3) is 0.444. The van der Waals surface area contributed by atoms with Crippen LogP contribution in [0.25, 0.3) is 0 Å². The van der Waals surface area contributed by atoms with Crippen LogP contribution in [0.3, 0.4) is 0 Å². The molecule has 2 aromatic rings. The molecule has 25 heavy (non-hydrogen) atoms. The second-order valence-corrected chi connectivity index (χ2v) is 6.58. The van der Waals surface area contributed by atoms with Crippen LogP contribution in [0, 0.1) is 11.6 Å². The van der Waals surface area contributed by atoms with E-state index in [0.717, 1.165) is 38.0 Å². The number of para-hydroxylation sites is 1. The number of halogens is 2. The maximum atomic E-state index is 13.9. The Morgan fingerprint density at radius 3 is 2.52 bits per heavy atom. The van der Waals surface area contributed by atoms with Gasteiger partial charge in [0.05, 0.1) is 5.69 Å². The van der Waals surface area contributed by atoms with Gasteiger partial charge in [-0.3, -0.25) is 0 Å². The molecule has 0 saturated heterocycles. The van der Waals surface area contributed by atoms with E-state index in [-0.39, 0.29) is 5.69 Å². The Morgan fingerprint density at radius 2 is 1.88 bits per heavy atom. The van der Waals surface area contributed by atoms with Gasteiger partial charge >= 0.3 is 0 Å². The Balaban J connectivity index is 1.76. The Hall–Kier alpha value is -2.28. The highest BCUT2D eigenvalue weighted by atomic mass is 19.1. The summed E-state index contributed by atoms with van der Waals surface area (Å²) in [5.74, 6) is 0.00825. The maximum absolute atomic E-state index is 13.9. The van der Waals surface area contributed by atoms with Crippen LogP contribution in [-0.2, 0) is 0 Å². The SMILES string of the molecule is CN(C)CCCNc1nc(Nc2c(F)cccc2F)cc(C2CC2)n1. The van der Waals surface area contributed by atoms with Crippen molar-refractivity contribution in [3.8, 4) is 0 Å². The van der Waals surface area contributed by atoms with E-state index in [1.165, 1.54) is 18.2 Å². The molecule has 134 valence electrons.